The summed E-state index contributed by atoms with van der Waals surface area (Å²) in [4.78, 5) is 26.6. The van der Waals surface area contributed by atoms with Gasteiger partial charge in [0, 0.05) is 17.9 Å². The van der Waals surface area contributed by atoms with Gasteiger partial charge in [0.2, 0.25) is 5.91 Å². The molecule has 0 aromatic heterocycles. The Morgan fingerprint density at radius 3 is 2.58 bits per heavy atom. The lowest BCUT2D eigenvalue weighted by atomic mass is 10.1. The predicted octanol–water partition coefficient (Wildman–Crippen LogP) is 2.63. The van der Waals surface area contributed by atoms with Gasteiger partial charge in [-0.05, 0) is 43.3 Å². The lowest BCUT2D eigenvalue weighted by Gasteiger charge is -2.32. The molecule has 1 aliphatic heterocycles. The summed E-state index contributed by atoms with van der Waals surface area (Å²) in [6.07, 6.45) is -0.857. The Labute approximate surface area is 152 Å². The number of hydrogen-bond donors (Lipinski definition) is 1. The van der Waals surface area contributed by atoms with E-state index in [2.05, 4.69) is 5.32 Å². The number of nitriles is 1. The number of carbonyl (C=O) groups excluding carboxylic acids is 2. The number of nitrogens with one attached hydrogen (secondary N) is 1. The van der Waals surface area contributed by atoms with Crippen molar-refractivity contribution in [3.05, 3.63) is 59.7 Å². The first-order valence-electron chi connectivity index (χ1n) is 8.36. The van der Waals surface area contributed by atoms with E-state index in [1.165, 1.54) is 0 Å². The molecule has 3 rings (SSSR count). The van der Waals surface area contributed by atoms with Gasteiger partial charge >= 0.3 is 0 Å². The summed E-state index contributed by atoms with van der Waals surface area (Å²) < 4.78 is 5.52. The van der Waals surface area contributed by atoms with Crippen LogP contribution < -0.4 is 10.2 Å². The fourth-order valence-corrected chi connectivity index (χ4v) is 2.78. The molecule has 2 aromatic rings. The standard InChI is InChI=1S/C20H19N3O3/c1-14-2-8-17(9-3-14)23-10-11-26-18(20(23)25)12-19(24)22-16-6-4-15(13-21)5-7-16/h2-9,18H,10-12H2,1H3,(H,22,24)/t18-/m1/s1. The first-order valence-corrected chi connectivity index (χ1v) is 8.36. The van der Waals surface area contributed by atoms with Gasteiger partial charge in [-0.2, -0.15) is 5.26 Å². The largest absolute Gasteiger partial charge is 0.366 e. The van der Waals surface area contributed by atoms with Crippen LogP contribution in [0.2, 0.25) is 0 Å². The van der Waals surface area contributed by atoms with E-state index in [0.717, 1.165) is 11.3 Å². The van der Waals surface area contributed by atoms with Crippen LogP contribution in [0.25, 0.3) is 0 Å². The zero-order valence-electron chi connectivity index (χ0n) is 14.4. The quantitative estimate of drug-likeness (QED) is 0.920. The third kappa shape index (κ3) is 4.08. The third-order valence-corrected chi connectivity index (χ3v) is 4.19. The van der Waals surface area contributed by atoms with Crippen LogP contribution in [0.5, 0.6) is 0 Å². The first-order chi connectivity index (χ1) is 12.6. The van der Waals surface area contributed by atoms with Crippen molar-refractivity contribution >= 4 is 23.2 Å². The molecule has 1 heterocycles. The van der Waals surface area contributed by atoms with E-state index < -0.39 is 6.10 Å². The highest BCUT2D eigenvalue weighted by Crippen LogP contribution is 2.21. The van der Waals surface area contributed by atoms with Gasteiger partial charge in [0.05, 0.1) is 24.7 Å². The van der Waals surface area contributed by atoms with Crippen LogP contribution in [-0.2, 0) is 14.3 Å². The molecule has 132 valence electrons. The molecule has 0 aliphatic carbocycles. The lowest BCUT2D eigenvalue weighted by molar-refractivity contribution is -0.137. The second-order valence-corrected chi connectivity index (χ2v) is 6.13. The number of morpholine rings is 1. The smallest absolute Gasteiger partial charge is 0.256 e. The lowest BCUT2D eigenvalue weighted by Crippen LogP contribution is -2.49. The van der Waals surface area contributed by atoms with Crippen molar-refractivity contribution in [2.75, 3.05) is 23.4 Å². The molecule has 2 aromatic carbocycles. The molecule has 2 amide bonds. The zero-order valence-corrected chi connectivity index (χ0v) is 14.4. The molecule has 0 radical (unpaired) electrons. The van der Waals surface area contributed by atoms with Crippen LogP contribution in [-0.4, -0.2) is 31.1 Å². The molecule has 1 saturated heterocycles. The minimum atomic E-state index is -0.802. The number of amides is 2. The van der Waals surface area contributed by atoms with E-state index in [1.54, 1.807) is 29.2 Å². The van der Waals surface area contributed by atoms with Gasteiger partial charge in [-0.25, -0.2) is 0 Å². The number of hydrogen-bond acceptors (Lipinski definition) is 4. The van der Waals surface area contributed by atoms with Gasteiger partial charge in [-0.3, -0.25) is 9.59 Å². The summed E-state index contributed by atoms with van der Waals surface area (Å²) >= 11 is 0. The van der Waals surface area contributed by atoms with E-state index >= 15 is 0 Å². The number of anilines is 2. The Bertz CT molecular complexity index is 838. The average Bonchev–Trinajstić information content (AvgIpc) is 2.65. The fourth-order valence-electron chi connectivity index (χ4n) is 2.78. The van der Waals surface area contributed by atoms with Crippen molar-refractivity contribution in [2.24, 2.45) is 0 Å². The fraction of sp³-hybridized carbons (Fsp3) is 0.250. The summed E-state index contributed by atoms with van der Waals surface area (Å²) in [5, 5.41) is 11.5. The normalized spacial score (nSPS) is 16.8. The van der Waals surface area contributed by atoms with E-state index in [9.17, 15) is 9.59 Å². The van der Waals surface area contributed by atoms with Crippen molar-refractivity contribution in [3.63, 3.8) is 0 Å². The van der Waals surface area contributed by atoms with Gasteiger partial charge in [0.1, 0.15) is 6.10 Å². The molecule has 26 heavy (non-hydrogen) atoms. The van der Waals surface area contributed by atoms with E-state index in [4.69, 9.17) is 10.00 Å². The maximum Gasteiger partial charge on any atom is 0.256 e. The minimum absolute atomic E-state index is 0.0544. The van der Waals surface area contributed by atoms with Crippen LogP contribution in [0.3, 0.4) is 0 Å². The van der Waals surface area contributed by atoms with Crippen molar-refractivity contribution in [2.45, 2.75) is 19.4 Å². The molecule has 6 heteroatoms. The summed E-state index contributed by atoms with van der Waals surface area (Å²) in [5.74, 6) is -0.520. The van der Waals surface area contributed by atoms with Gasteiger partial charge in [-0.1, -0.05) is 17.7 Å². The molecule has 0 spiro atoms. The van der Waals surface area contributed by atoms with Crippen LogP contribution >= 0.6 is 0 Å². The Morgan fingerprint density at radius 1 is 1.23 bits per heavy atom. The number of aryl methyl sites for hydroxylation is 1. The molecular formula is C20H19N3O3. The third-order valence-electron chi connectivity index (χ3n) is 4.19. The maximum absolute atomic E-state index is 12.7. The second kappa shape index (κ2) is 7.81. The van der Waals surface area contributed by atoms with E-state index in [1.807, 2.05) is 37.3 Å². The predicted molar refractivity (Wildman–Crippen MR) is 97.7 cm³/mol. The van der Waals surface area contributed by atoms with Crippen molar-refractivity contribution in [1.82, 2.24) is 0 Å². The average molecular weight is 349 g/mol. The van der Waals surface area contributed by atoms with Crippen LogP contribution in [0.15, 0.2) is 48.5 Å². The number of carbonyl (C=O) groups is 2. The van der Waals surface area contributed by atoms with Crippen LogP contribution in [0.1, 0.15) is 17.5 Å². The molecule has 1 N–H and O–H groups in total. The molecule has 1 fully saturated rings. The summed E-state index contributed by atoms with van der Waals surface area (Å²) in [6, 6.07) is 16.3. The van der Waals surface area contributed by atoms with Gasteiger partial charge < -0.3 is 15.0 Å². The van der Waals surface area contributed by atoms with Gasteiger partial charge in [0.25, 0.3) is 5.91 Å². The van der Waals surface area contributed by atoms with Crippen molar-refractivity contribution < 1.29 is 14.3 Å². The summed E-state index contributed by atoms with van der Waals surface area (Å²) in [7, 11) is 0. The molecule has 0 bridgehead atoms. The zero-order chi connectivity index (χ0) is 18.5. The SMILES string of the molecule is Cc1ccc(N2CCO[C@H](CC(=O)Nc3ccc(C#N)cc3)C2=O)cc1. The highest BCUT2D eigenvalue weighted by molar-refractivity contribution is 6.01. The number of rotatable bonds is 4. The highest BCUT2D eigenvalue weighted by Gasteiger charge is 2.32. The molecule has 0 unspecified atom stereocenters. The Balaban J connectivity index is 1.63. The van der Waals surface area contributed by atoms with Crippen LogP contribution in [0, 0.1) is 18.3 Å². The molecular weight excluding hydrogens is 330 g/mol. The molecule has 1 aliphatic rings. The Morgan fingerprint density at radius 2 is 1.92 bits per heavy atom. The maximum atomic E-state index is 12.7. The van der Waals surface area contributed by atoms with E-state index in [-0.39, 0.29) is 18.2 Å². The second-order valence-electron chi connectivity index (χ2n) is 6.13. The first kappa shape index (κ1) is 17.6. The Kier molecular flexibility index (Phi) is 5.30. The number of nitrogens with zero attached hydrogens (tertiary/aromatic N) is 2. The minimum Gasteiger partial charge on any atom is -0.366 e. The Hall–Kier alpha value is -3.17. The molecule has 6 nitrogen and oxygen atoms in total. The van der Waals surface area contributed by atoms with Gasteiger partial charge in [0.15, 0.2) is 0 Å². The molecule has 1 atom stereocenters. The van der Waals surface area contributed by atoms with Crippen molar-refractivity contribution in [3.8, 4) is 6.07 Å². The molecule has 0 saturated carbocycles. The van der Waals surface area contributed by atoms with E-state index in [0.29, 0.717) is 24.4 Å². The summed E-state index contributed by atoms with van der Waals surface area (Å²) in [6.45, 7) is 2.84. The highest BCUT2D eigenvalue weighted by atomic mass is 16.5. The topological polar surface area (TPSA) is 82.4 Å². The number of benzene rings is 2. The van der Waals surface area contributed by atoms with Crippen LogP contribution in [0.4, 0.5) is 11.4 Å². The number of ether oxygens (including phenoxy) is 1. The monoisotopic (exact) mass is 349 g/mol. The summed E-state index contributed by atoms with van der Waals surface area (Å²) in [5.41, 5.74) is 3.02. The van der Waals surface area contributed by atoms with Crippen molar-refractivity contribution in [1.29, 1.82) is 5.26 Å². The van der Waals surface area contributed by atoms with Gasteiger partial charge in [-0.15, -0.1) is 0 Å².